The number of allylic oxidation sites excluding steroid dienone is 1. The summed E-state index contributed by atoms with van der Waals surface area (Å²) in [5.74, 6) is -2.00. The van der Waals surface area contributed by atoms with Gasteiger partial charge in [0, 0.05) is 23.1 Å². The lowest BCUT2D eigenvalue weighted by atomic mass is 10.1. The van der Waals surface area contributed by atoms with Crippen LogP contribution in [0, 0.1) is 6.92 Å². The van der Waals surface area contributed by atoms with E-state index in [0.717, 1.165) is 16.6 Å². The van der Waals surface area contributed by atoms with Crippen LogP contribution in [0.4, 0.5) is 0 Å². The fourth-order valence-corrected chi connectivity index (χ4v) is 2.69. The molecule has 0 radical (unpaired) electrons. The predicted octanol–water partition coefficient (Wildman–Crippen LogP) is 3.93. The second-order valence-electron chi connectivity index (χ2n) is 4.48. The maximum Gasteiger partial charge on any atom is 0.349 e. The zero-order chi connectivity index (χ0) is 15.7. The molecule has 0 aliphatic heterocycles. The number of hydrogen-bond acceptors (Lipinski definition) is 2. The van der Waals surface area contributed by atoms with Crippen molar-refractivity contribution in [3.63, 3.8) is 0 Å². The van der Waals surface area contributed by atoms with E-state index in [1.165, 1.54) is 0 Å². The average molecular weight is 326 g/mol. The smallest absolute Gasteiger partial charge is 0.349 e. The zero-order valence-electron chi connectivity index (χ0n) is 11.5. The van der Waals surface area contributed by atoms with E-state index in [9.17, 15) is 9.59 Å². The molecule has 0 saturated heterocycles. The maximum absolute atomic E-state index is 12.5. The molecular formula is C15H13Cl2NO3. The van der Waals surface area contributed by atoms with Crippen LogP contribution in [-0.2, 0) is 11.3 Å². The molecule has 0 aliphatic carbocycles. The first-order valence-corrected chi connectivity index (χ1v) is 7.06. The molecule has 0 saturated carbocycles. The fraction of sp³-hybridized carbons (Fsp3) is 0.200. The summed E-state index contributed by atoms with van der Waals surface area (Å²) in [6.07, 6.45) is 0. The van der Waals surface area contributed by atoms with Crippen LogP contribution in [0.3, 0.4) is 0 Å². The van der Waals surface area contributed by atoms with Gasteiger partial charge >= 0.3 is 5.97 Å². The summed E-state index contributed by atoms with van der Waals surface area (Å²) in [6, 6.07) is 7.40. The summed E-state index contributed by atoms with van der Waals surface area (Å²) < 4.78 is 1.97. The number of benzene rings is 1. The van der Waals surface area contributed by atoms with Gasteiger partial charge in [0.1, 0.15) is 10.1 Å². The van der Waals surface area contributed by atoms with E-state index in [1.54, 1.807) is 13.0 Å². The van der Waals surface area contributed by atoms with Gasteiger partial charge in [-0.1, -0.05) is 41.4 Å². The van der Waals surface area contributed by atoms with Crippen LogP contribution >= 0.6 is 23.2 Å². The highest BCUT2D eigenvalue weighted by Gasteiger charge is 2.24. The van der Waals surface area contributed by atoms with E-state index in [1.807, 2.05) is 29.7 Å². The summed E-state index contributed by atoms with van der Waals surface area (Å²) >= 11 is 11.4. The number of carbonyl (C=O) groups is 2. The Morgan fingerprint density at radius 2 is 1.81 bits per heavy atom. The first-order chi connectivity index (χ1) is 9.90. The lowest BCUT2D eigenvalue weighted by molar-refractivity contribution is -0.131. The number of halogens is 2. The first kappa shape index (κ1) is 15.6. The van der Waals surface area contributed by atoms with Crippen molar-refractivity contribution in [1.29, 1.82) is 0 Å². The zero-order valence-corrected chi connectivity index (χ0v) is 13.0. The van der Waals surface area contributed by atoms with E-state index >= 15 is 0 Å². The Balaban J connectivity index is 2.73. The number of aliphatic carboxylic acids is 1. The lowest BCUT2D eigenvalue weighted by Gasteiger charge is -2.04. The number of fused-ring (bicyclic) bond motifs is 1. The monoisotopic (exact) mass is 325 g/mol. The van der Waals surface area contributed by atoms with E-state index in [4.69, 9.17) is 28.3 Å². The first-order valence-electron chi connectivity index (χ1n) is 6.31. The molecule has 1 aromatic carbocycles. The van der Waals surface area contributed by atoms with Crippen LogP contribution in [0.5, 0.6) is 0 Å². The van der Waals surface area contributed by atoms with E-state index in [-0.39, 0.29) is 0 Å². The minimum Gasteiger partial charge on any atom is -0.477 e. The number of para-hydroxylation sites is 1. The number of carboxylic acid groups (broad SMARTS) is 1. The van der Waals surface area contributed by atoms with Crippen molar-refractivity contribution in [2.75, 3.05) is 0 Å². The number of carboxylic acids is 1. The third-order valence-corrected chi connectivity index (χ3v) is 4.16. The topological polar surface area (TPSA) is 59.3 Å². The molecule has 110 valence electrons. The Labute approximate surface area is 131 Å². The SMILES string of the molecule is CCn1c(C)c(C(=O)C(Cl)=C(Cl)C(=O)O)c2ccccc21. The minimum atomic E-state index is -1.42. The Bertz CT molecular complexity index is 775. The highest BCUT2D eigenvalue weighted by atomic mass is 35.5. The maximum atomic E-state index is 12.5. The Hall–Kier alpha value is -1.78. The number of aryl methyl sites for hydroxylation is 1. The fourth-order valence-electron chi connectivity index (χ4n) is 2.43. The molecule has 2 aromatic rings. The minimum absolute atomic E-state index is 0.386. The molecule has 0 amide bonds. The molecule has 0 spiro atoms. The third-order valence-electron chi connectivity index (χ3n) is 3.35. The van der Waals surface area contributed by atoms with Crippen molar-refractivity contribution in [1.82, 2.24) is 4.57 Å². The molecule has 6 heteroatoms. The lowest BCUT2D eigenvalue weighted by Crippen LogP contribution is -2.07. The number of nitrogens with zero attached hydrogens (tertiary/aromatic N) is 1. The molecule has 0 aliphatic rings. The van der Waals surface area contributed by atoms with Gasteiger partial charge in [0.25, 0.3) is 0 Å². The predicted molar refractivity (Wildman–Crippen MR) is 83.0 cm³/mol. The summed E-state index contributed by atoms with van der Waals surface area (Å²) in [5, 5.41) is 8.43. The number of aromatic nitrogens is 1. The Morgan fingerprint density at radius 3 is 2.38 bits per heavy atom. The van der Waals surface area contributed by atoms with Crippen LogP contribution in [0.2, 0.25) is 0 Å². The summed E-state index contributed by atoms with van der Waals surface area (Å²) in [7, 11) is 0. The molecule has 1 heterocycles. The quantitative estimate of drug-likeness (QED) is 0.684. The van der Waals surface area contributed by atoms with Gasteiger partial charge in [-0.15, -0.1) is 0 Å². The van der Waals surface area contributed by atoms with E-state index in [0.29, 0.717) is 12.1 Å². The van der Waals surface area contributed by atoms with Crippen LogP contribution in [0.1, 0.15) is 23.0 Å². The van der Waals surface area contributed by atoms with Gasteiger partial charge in [0.2, 0.25) is 5.78 Å². The van der Waals surface area contributed by atoms with Gasteiger partial charge in [-0.3, -0.25) is 4.79 Å². The van der Waals surface area contributed by atoms with Crippen molar-refractivity contribution in [2.45, 2.75) is 20.4 Å². The number of ketones is 1. The molecule has 4 nitrogen and oxygen atoms in total. The molecule has 0 fully saturated rings. The molecule has 0 unspecified atom stereocenters. The average Bonchev–Trinajstić information content (AvgIpc) is 2.76. The van der Waals surface area contributed by atoms with Gasteiger partial charge in [-0.05, 0) is 19.9 Å². The molecule has 1 aromatic heterocycles. The highest BCUT2D eigenvalue weighted by molar-refractivity contribution is 6.55. The molecule has 0 atom stereocenters. The molecule has 0 bridgehead atoms. The van der Waals surface area contributed by atoms with Crippen LogP contribution in [0.25, 0.3) is 10.9 Å². The van der Waals surface area contributed by atoms with Crippen molar-refractivity contribution >= 4 is 45.9 Å². The summed E-state index contributed by atoms with van der Waals surface area (Å²) in [5.41, 5.74) is 2.02. The van der Waals surface area contributed by atoms with Gasteiger partial charge in [-0.2, -0.15) is 0 Å². The normalized spacial score (nSPS) is 12.4. The van der Waals surface area contributed by atoms with E-state index < -0.39 is 21.8 Å². The largest absolute Gasteiger partial charge is 0.477 e. The van der Waals surface area contributed by atoms with Crippen molar-refractivity contribution in [3.8, 4) is 0 Å². The Kier molecular flexibility index (Phi) is 4.40. The highest BCUT2D eigenvalue weighted by Crippen LogP contribution is 2.30. The van der Waals surface area contributed by atoms with Gasteiger partial charge in [0.05, 0.1) is 5.56 Å². The number of rotatable bonds is 4. The molecule has 21 heavy (non-hydrogen) atoms. The van der Waals surface area contributed by atoms with Crippen molar-refractivity contribution < 1.29 is 14.7 Å². The molecular weight excluding hydrogens is 313 g/mol. The van der Waals surface area contributed by atoms with Gasteiger partial charge < -0.3 is 9.67 Å². The third kappa shape index (κ3) is 2.57. The van der Waals surface area contributed by atoms with E-state index in [2.05, 4.69) is 0 Å². The Morgan fingerprint density at radius 1 is 1.19 bits per heavy atom. The molecule has 2 rings (SSSR count). The summed E-state index contributed by atoms with van der Waals surface area (Å²) in [4.78, 5) is 23.4. The summed E-state index contributed by atoms with van der Waals surface area (Å²) in [6.45, 7) is 4.46. The second-order valence-corrected chi connectivity index (χ2v) is 5.24. The van der Waals surface area contributed by atoms with Crippen LogP contribution in [-0.4, -0.2) is 21.4 Å². The molecule has 1 N–H and O–H groups in total. The van der Waals surface area contributed by atoms with Crippen molar-refractivity contribution in [3.05, 3.63) is 45.6 Å². The van der Waals surface area contributed by atoms with Crippen LogP contribution in [0.15, 0.2) is 34.3 Å². The number of carbonyl (C=O) groups excluding carboxylic acids is 1. The number of hydrogen-bond donors (Lipinski definition) is 1. The van der Waals surface area contributed by atoms with Crippen molar-refractivity contribution in [2.24, 2.45) is 0 Å². The standard InChI is InChI=1S/C15H13Cl2NO3/c1-3-18-8(2)11(9-6-4-5-7-10(9)18)14(19)12(16)13(17)15(20)21/h4-7H,3H2,1-2H3,(H,20,21). The van der Waals surface area contributed by atoms with Gasteiger partial charge in [0.15, 0.2) is 0 Å². The van der Waals surface area contributed by atoms with Gasteiger partial charge in [-0.25, -0.2) is 4.79 Å². The van der Waals surface area contributed by atoms with Crippen LogP contribution < -0.4 is 0 Å². The number of Topliss-reactive ketones (excluding diaryl/α,β-unsaturated/α-hetero) is 1. The second kappa shape index (κ2) is 5.92.